The van der Waals surface area contributed by atoms with Crippen molar-refractivity contribution < 1.29 is 0 Å². The van der Waals surface area contributed by atoms with E-state index in [0.717, 1.165) is 11.1 Å². The van der Waals surface area contributed by atoms with Crippen LogP contribution in [-0.4, -0.2) is 0 Å². The standard InChI is InChI=1S/C9H11Cl2N.ClH/c1-5-8(10)4-3-7(6(2)12)9(5)11;/h3-4,6H,12H2,1-2H3;1H. The molecule has 1 aromatic rings. The zero-order valence-corrected chi connectivity index (χ0v) is 9.80. The van der Waals surface area contributed by atoms with Crippen molar-refractivity contribution in [3.8, 4) is 0 Å². The lowest BCUT2D eigenvalue weighted by Crippen LogP contribution is -2.06. The van der Waals surface area contributed by atoms with Gasteiger partial charge in [-0.25, -0.2) is 0 Å². The number of halogens is 3. The van der Waals surface area contributed by atoms with Crippen LogP contribution in [0.3, 0.4) is 0 Å². The number of nitrogens with two attached hydrogens (primary N) is 1. The summed E-state index contributed by atoms with van der Waals surface area (Å²) in [5.41, 5.74) is 7.55. The Morgan fingerprint density at radius 3 is 2.31 bits per heavy atom. The van der Waals surface area contributed by atoms with Crippen LogP contribution >= 0.6 is 35.6 Å². The van der Waals surface area contributed by atoms with Crippen molar-refractivity contribution in [2.45, 2.75) is 19.9 Å². The van der Waals surface area contributed by atoms with E-state index in [9.17, 15) is 0 Å². The second-order valence-electron chi connectivity index (χ2n) is 2.86. The average Bonchev–Trinajstić information content (AvgIpc) is 2.00. The molecule has 0 fully saturated rings. The highest BCUT2D eigenvalue weighted by Gasteiger charge is 2.09. The molecule has 0 aliphatic carbocycles. The summed E-state index contributed by atoms with van der Waals surface area (Å²) >= 11 is 11.9. The van der Waals surface area contributed by atoms with Gasteiger partial charge in [0.05, 0.1) is 0 Å². The lowest BCUT2D eigenvalue weighted by molar-refractivity contribution is 0.817. The van der Waals surface area contributed by atoms with Gasteiger partial charge in [-0.1, -0.05) is 29.3 Å². The van der Waals surface area contributed by atoms with Gasteiger partial charge in [-0.05, 0) is 31.0 Å². The number of benzene rings is 1. The highest BCUT2D eigenvalue weighted by Crippen LogP contribution is 2.29. The largest absolute Gasteiger partial charge is 0.324 e. The third-order valence-electron chi connectivity index (χ3n) is 1.84. The zero-order valence-electron chi connectivity index (χ0n) is 7.47. The zero-order chi connectivity index (χ0) is 9.30. The second kappa shape index (κ2) is 5.06. The van der Waals surface area contributed by atoms with Crippen molar-refractivity contribution in [1.82, 2.24) is 0 Å². The third kappa shape index (κ3) is 2.75. The van der Waals surface area contributed by atoms with Crippen LogP contribution in [0.1, 0.15) is 24.1 Å². The predicted molar refractivity (Wildman–Crippen MR) is 61.0 cm³/mol. The van der Waals surface area contributed by atoms with E-state index < -0.39 is 0 Å². The molecule has 0 saturated heterocycles. The predicted octanol–water partition coefficient (Wildman–Crippen LogP) is 3.74. The first-order valence-corrected chi connectivity index (χ1v) is 4.49. The van der Waals surface area contributed by atoms with E-state index in [1.807, 2.05) is 26.0 Å². The molecule has 13 heavy (non-hydrogen) atoms. The van der Waals surface area contributed by atoms with E-state index in [0.29, 0.717) is 10.0 Å². The van der Waals surface area contributed by atoms with Crippen molar-refractivity contribution in [3.63, 3.8) is 0 Å². The van der Waals surface area contributed by atoms with Crippen molar-refractivity contribution in [3.05, 3.63) is 33.3 Å². The molecule has 1 unspecified atom stereocenters. The Kier molecular flexibility index (Phi) is 5.08. The van der Waals surface area contributed by atoms with Gasteiger partial charge >= 0.3 is 0 Å². The highest BCUT2D eigenvalue weighted by molar-refractivity contribution is 6.36. The molecule has 0 spiro atoms. The molecule has 4 heteroatoms. The van der Waals surface area contributed by atoms with E-state index in [2.05, 4.69) is 0 Å². The van der Waals surface area contributed by atoms with Gasteiger partial charge in [0.15, 0.2) is 0 Å². The minimum atomic E-state index is -0.0477. The highest BCUT2D eigenvalue weighted by atomic mass is 35.5. The molecule has 0 aliphatic heterocycles. The summed E-state index contributed by atoms with van der Waals surface area (Å²) in [4.78, 5) is 0. The first-order chi connectivity index (χ1) is 5.54. The van der Waals surface area contributed by atoms with Crippen molar-refractivity contribution in [1.29, 1.82) is 0 Å². The summed E-state index contributed by atoms with van der Waals surface area (Å²) in [5, 5.41) is 1.36. The van der Waals surface area contributed by atoms with Crippen LogP contribution in [0.5, 0.6) is 0 Å². The molecule has 1 atom stereocenters. The van der Waals surface area contributed by atoms with Crippen LogP contribution < -0.4 is 5.73 Å². The lowest BCUT2D eigenvalue weighted by atomic mass is 10.1. The summed E-state index contributed by atoms with van der Waals surface area (Å²) in [6.45, 7) is 3.78. The number of hydrogen-bond acceptors (Lipinski definition) is 1. The van der Waals surface area contributed by atoms with Gasteiger partial charge in [0, 0.05) is 16.1 Å². The monoisotopic (exact) mass is 239 g/mol. The average molecular weight is 241 g/mol. The van der Waals surface area contributed by atoms with Crippen LogP contribution in [0.2, 0.25) is 10.0 Å². The van der Waals surface area contributed by atoms with Crippen LogP contribution in [-0.2, 0) is 0 Å². The molecule has 0 bridgehead atoms. The molecular formula is C9H12Cl3N. The Balaban J connectivity index is 0.00000144. The maximum absolute atomic E-state index is 6.03. The molecular weight excluding hydrogens is 228 g/mol. The maximum Gasteiger partial charge on any atom is 0.0497 e. The van der Waals surface area contributed by atoms with Crippen LogP contribution in [0.25, 0.3) is 0 Å². The van der Waals surface area contributed by atoms with Crippen molar-refractivity contribution in [2.75, 3.05) is 0 Å². The topological polar surface area (TPSA) is 26.0 Å². The Morgan fingerprint density at radius 1 is 1.31 bits per heavy atom. The Labute approximate surface area is 94.6 Å². The maximum atomic E-state index is 6.03. The van der Waals surface area contributed by atoms with Crippen LogP contribution in [0.4, 0.5) is 0 Å². The van der Waals surface area contributed by atoms with Crippen molar-refractivity contribution >= 4 is 35.6 Å². The normalized spacial score (nSPS) is 12.1. The second-order valence-corrected chi connectivity index (χ2v) is 3.65. The van der Waals surface area contributed by atoms with E-state index >= 15 is 0 Å². The molecule has 0 aliphatic rings. The van der Waals surface area contributed by atoms with Gasteiger partial charge in [-0.15, -0.1) is 12.4 Å². The fourth-order valence-corrected chi connectivity index (χ4v) is 1.58. The van der Waals surface area contributed by atoms with Gasteiger partial charge in [-0.2, -0.15) is 0 Å². The summed E-state index contributed by atoms with van der Waals surface area (Å²) in [6.07, 6.45) is 0. The van der Waals surface area contributed by atoms with E-state index in [1.165, 1.54) is 0 Å². The number of hydrogen-bond donors (Lipinski definition) is 1. The first kappa shape index (κ1) is 13.1. The molecule has 0 heterocycles. The summed E-state index contributed by atoms with van der Waals surface area (Å²) < 4.78 is 0. The molecule has 0 aromatic heterocycles. The van der Waals surface area contributed by atoms with Crippen LogP contribution in [0, 0.1) is 6.92 Å². The molecule has 0 saturated carbocycles. The van der Waals surface area contributed by atoms with Gasteiger partial charge < -0.3 is 5.73 Å². The fourth-order valence-electron chi connectivity index (χ4n) is 1.03. The Bertz CT molecular complexity index is 297. The van der Waals surface area contributed by atoms with Crippen molar-refractivity contribution in [2.24, 2.45) is 5.73 Å². The quantitative estimate of drug-likeness (QED) is 0.795. The minimum Gasteiger partial charge on any atom is -0.324 e. The minimum absolute atomic E-state index is 0. The van der Waals surface area contributed by atoms with Gasteiger partial charge in [0.1, 0.15) is 0 Å². The molecule has 1 nitrogen and oxygen atoms in total. The van der Waals surface area contributed by atoms with Crippen LogP contribution in [0.15, 0.2) is 12.1 Å². The van der Waals surface area contributed by atoms with E-state index in [4.69, 9.17) is 28.9 Å². The fraction of sp³-hybridized carbons (Fsp3) is 0.333. The Morgan fingerprint density at radius 2 is 1.85 bits per heavy atom. The summed E-state index contributed by atoms with van der Waals surface area (Å²) in [5.74, 6) is 0. The molecule has 0 amide bonds. The Hall–Kier alpha value is 0.0500. The summed E-state index contributed by atoms with van der Waals surface area (Å²) in [7, 11) is 0. The molecule has 2 N–H and O–H groups in total. The lowest BCUT2D eigenvalue weighted by Gasteiger charge is -2.10. The van der Waals surface area contributed by atoms with Gasteiger partial charge in [0.25, 0.3) is 0 Å². The SMILES string of the molecule is Cc1c(Cl)ccc(C(C)N)c1Cl.Cl. The molecule has 74 valence electrons. The summed E-state index contributed by atoms with van der Waals surface area (Å²) in [6, 6.07) is 3.64. The van der Waals surface area contributed by atoms with Gasteiger partial charge in [-0.3, -0.25) is 0 Å². The van der Waals surface area contributed by atoms with E-state index in [-0.39, 0.29) is 18.4 Å². The smallest absolute Gasteiger partial charge is 0.0497 e. The molecule has 1 rings (SSSR count). The van der Waals surface area contributed by atoms with E-state index in [1.54, 1.807) is 0 Å². The third-order valence-corrected chi connectivity index (χ3v) is 2.75. The molecule has 0 radical (unpaired) electrons. The first-order valence-electron chi connectivity index (χ1n) is 3.74. The van der Waals surface area contributed by atoms with Gasteiger partial charge in [0.2, 0.25) is 0 Å². The molecule has 1 aromatic carbocycles. The number of rotatable bonds is 1.